The third-order valence-electron chi connectivity index (χ3n) is 3.83. The molecule has 1 radical (unpaired) electrons. The molecule has 0 N–H and O–H groups in total. The molecular formula is C19H19O2. The maximum atomic E-state index is 11.7. The Bertz CT molecular complexity index is 671. The predicted molar refractivity (Wildman–Crippen MR) is 83.7 cm³/mol. The fraction of sp³-hybridized carbons (Fsp3) is 0.263. The molecule has 2 aromatic rings. The van der Waals surface area contributed by atoms with Gasteiger partial charge in [0.1, 0.15) is 6.61 Å². The second-order valence-electron chi connectivity index (χ2n) is 5.82. The number of esters is 1. The zero-order valence-electron chi connectivity index (χ0n) is 12.5. The molecule has 0 bridgehead atoms. The minimum absolute atomic E-state index is 0.150. The van der Waals surface area contributed by atoms with Gasteiger partial charge in [0.05, 0.1) is 6.42 Å². The van der Waals surface area contributed by atoms with E-state index in [0.717, 1.165) is 17.9 Å². The normalized spacial score (nSPS) is 12.1. The fourth-order valence-electron chi connectivity index (χ4n) is 2.86. The first-order chi connectivity index (χ1) is 10.1. The Morgan fingerprint density at radius 3 is 2.62 bits per heavy atom. The summed E-state index contributed by atoms with van der Waals surface area (Å²) in [6, 6.07) is 14.7. The molecule has 0 fully saturated rings. The monoisotopic (exact) mass is 279 g/mol. The lowest BCUT2D eigenvalue weighted by Crippen LogP contribution is -2.07. The van der Waals surface area contributed by atoms with Gasteiger partial charge in [-0.2, -0.15) is 0 Å². The van der Waals surface area contributed by atoms with Crippen LogP contribution in [0.4, 0.5) is 0 Å². The Kier molecular flexibility index (Phi) is 3.78. The van der Waals surface area contributed by atoms with Crippen molar-refractivity contribution in [2.45, 2.75) is 33.3 Å². The summed E-state index contributed by atoms with van der Waals surface area (Å²) in [6.45, 7) is 4.25. The smallest absolute Gasteiger partial charge is 0.306 e. The molecule has 0 aromatic heterocycles. The van der Waals surface area contributed by atoms with Crippen molar-refractivity contribution >= 4 is 5.97 Å². The molecule has 1 aliphatic rings. The van der Waals surface area contributed by atoms with E-state index in [4.69, 9.17) is 4.74 Å². The van der Waals surface area contributed by atoms with Gasteiger partial charge in [-0.1, -0.05) is 56.3 Å². The maximum Gasteiger partial charge on any atom is 0.306 e. The molecule has 0 spiro atoms. The largest absolute Gasteiger partial charge is 0.461 e. The summed E-state index contributed by atoms with van der Waals surface area (Å²) in [6.07, 6.45) is 1.33. The van der Waals surface area contributed by atoms with Gasteiger partial charge < -0.3 is 4.74 Å². The van der Waals surface area contributed by atoms with Gasteiger partial charge in [-0.15, -0.1) is 0 Å². The number of hydrogen-bond acceptors (Lipinski definition) is 2. The molecule has 2 nitrogen and oxygen atoms in total. The van der Waals surface area contributed by atoms with Crippen molar-refractivity contribution in [3.63, 3.8) is 0 Å². The average molecular weight is 279 g/mol. The van der Waals surface area contributed by atoms with E-state index in [2.05, 4.69) is 36.4 Å². The lowest BCUT2D eigenvalue weighted by atomic mass is 10.0. The van der Waals surface area contributed by atoms with Crippen molar-refractivity contribution in [1.82, 2.24) is 0 Å². The summed E-state index contributed by atoms with van der Waals surface area (Å²) in [5, 5.41) is 0. The van der Waals surface area contributed by atoms with E-state index < -0.39 is 0 Å². The number of rotatable bonds is 4. The van der Waals surface area contributed by atoms with Crippen LogP contribution in [0.25, 0.3) is 11.1 Å². The number of carbonyl (C=O) groups excluding carboxylic acids is 1. The number of benzene rings is 2. The minimum Gasteiger partial charge on any atom is -0.461 e. The van der Waals surface area contributed by atoms with Crippen molar-refractivity contribution in [1.29, 1.82) is 0 Å². The molecule has 0 atom stereocenters. The standard InChI is InChI=1S/C19H19O2/c1-13(2)10-19(20)21-12-15-7-5-9-17-16-8-4-3-6-14(16)11-18(15)17/h3-9H,10-12H2,1-2H3. The van der Waals surface area contributed by atoms with E-state index in [0.29, 0.717) is 13.0 Å². The van der Waals surface area contributed by atoms with E-state index in [1.54, 1.807) is 0 Å². The highest BCUT2D eigenvalue weighted by Crippen LogP contribution is 2.38. The summed E-state index contributed by atoms with van der Waals surface area (Å²) in [5.74, 6) is 0.925. The molecule has 0 amide bonds. The average Bonchev–Trinajstić information content (AvgIpc) is 2.83. The molecule has 0 saturated carbocycles. The molecule has 3 rings (SSSR count). The van der Waals surface area contributed by atoms with Crippen molar-refractivity contribution in [3.8, 4) is 11.1 Å². The molecular weight excluding hydrogens is 260 g/mol. The quantitative estimate of drug-likeness (QED) is 0.665. The summed E-state index contributed by atoms with van der Waals surface area (Å²) >= 11 is 0. The topological polar surface area (TPSA) is 26.3 Å². The lowest BCUT2D eigenvalue weighted by Gasteiger charge is -2.10. The van der Waals surface area contributed by atoms with E-state index >= 15 is 0 Å². The Balaban J connectivity index is 1.79. The van der Waals surface area contributed by atoms with Crippen LogP contribution in [0.15, 0.2) is 42.5 Å². The molecule has 2 aromatic carbocycles. The Morgan fingerprint density at radius 1 is 1.05 bits per heavy atom. The highest BCUT2D eigenvalue weighted by Gasteiger charge is 2.20. The van der Waals surface area contributed by atoms with Gasteiger partial charge >= 0.3 is 5.97 Å². The van der Waals surface area contributed by atoms with Gasteiger partial charge in [0.2, 0.25) is 0 Å². The van der Waals surface area contributed by atoms with Crippen LogP contribution in [0.2, 0.25) is 0 Å². The first-order valence-electron chi connectivity index (χ1n) is 7.29. The van der Waals surface area contributed by atoms with Gasteiger partial charge in [0.15, 0.2) is 0 Å². The summed E-state index contributed by atoms with van der Waals surface area (Å²) in [7, 11) is 0. The summed E-state index contributed by atoms with van der Waals surface area (Å²) in [4.78, 5) is 11.7. The van der Waals surface area contributed by atoms with Crippen LogP contribution < -0.4 is 0 Å². The van der Waals surface area contributed by atoms with Crippen LogP contribution >= 0.6 is 0 Å². The van der Waals surface area contributed by atoms with Gasteiger partial charge in [0, 0.05) is 0 Å². The van der Waals surface area contributed by atoms with E-state index in [1.807, 2.05) is 19.9 Å². The number of carbonyl (C=O) groups is 1. The van der Waals surface area contributed by atoms with Crippen LogP contribution in [0.3, 0.4) is 0 Å². The van der Waals surface area contributed by atoms with E-state index in [-0.39, 0.29) is 5.97 Å². The Morgan fingerprint density at radius 2 is 1.81 bits per heavy atom. The number of ether oxygens (including phenoxy) is 1. The third kappa shape index (κ3) is 2.85. The Labute approximate surface area is 125 Å². The molecule has 2 heteroatoms. The van der Waals surface area contributed by atoms with Crippen molar-refractivity contribution in [3.05, 3.63) is 65.1 Å². The highest BCUT2D eigenvalue weighted by molar-refractivity contribution is 5.78. The molecule has 0 heterocycles. The maximum absolute atomic E-state index is 11.7. The first-order valence-corrected chi connectivity index (χ1v) is 7.29. The van der Waals surface area contributed by atoms with E-state index in [1.165, 1.54) is 22.3 Å². The molecule has 0 aliphatic heterocycles. The number of hydrogen-bond donors (Lipinski definition) is 0. The summed E-state index contributed by atoms with van der Waals surface area (Å²) in [5.41, 5.74) is 6.34. The predicted octanol–water partition coefficient (Wildman–Crippen LogP) is 4.31. The minimum atomic E-state index is -0.150. The fourth-order valence-corrected chi connectivity index (χ4v) is 2.86. The van der Waals surface area contributed by atoms with E-state index in [9.17, 15) is 4.79 Å². The van der Waals surface area contributed by atoms with Crippen molar-refractivity contribution in [2.24, 2.45) is 0 Å². The van der Waals surface area contributed by atoms with Crippen molar-refractivity contribution in [2.75, 3.05) is 0 Å². The Hall–Kier alpha value is -2.09. The van der Waals surface area contributed by atoms with Gasteiger partial charge in [-0.3, -0.25) is 4.79 Å². The lowest BCUT2D eigenvalue weighted by molar-refractivity contribution is -0.144. The van der Waals surface area contributed by atoms with Gasteiger partial charge in [0.25, 0.3) is 0 Å². The highest BCUT2D eigenvalue weighted by atomic mass is 16.5. The van der Waals surface area contributed by atoms with Gasteiger partial charge in [-0.25, -0.2) is 0 Å². The molecule has 0 saturated heterocycles. The molecule has 107 valence electrons. The van der Waals surface area contributed by atoms with Gasteiger partial charge in [-0.05, 0) is 40.2 Å². The van der Waals surface area contributed by atoms with Crippen LogP contribution in [0.5, 0.6) is 0 Å². The SMILES string of the molecule is C[C](C)CC(=O)OCc1cccc2c1Cc1ccccc1-2. The summed E-state index contributed by atoms with van der Waals surface area (Å²) < 4.78 is 5.40. The second-order valence-corrected chi connectivity index (χ2v) is 5.82. The first kappa shape index (κ1) is 13.9. The zero-order chi connectivity index (χ0) is 14.8. The third-order valence-corrected chi connectivity index (χ3v) is 3.83. The number of fused-ring (bicyclic) bond motifs is 3. The van der Waals surface area contributed by atoms with Crippen LogP contribution in [-0.4, -0.2) is 5.97 Å². The van der Waals surface area contributed by atoms with Crippen LogP contribution in [0, 0.1) is 5.92 Å². The zero-order valence-corrected chi connectivity index (χ0v) is 12.5. The molecule has 0 unspecified atom stereocenters. The van der Waals surface area contributed by atoms with Crippen LogP contribution in [-0.2, 0) is 22.6 Å². The van der Waals surface area contributed by atoms with Crippen molar-refractivity contribution < 1.29 is 9.53 Å². The van der Waals surface area contributed by atoms with Crippen LogP contribution in [0.1, 0.15) is 37.0 Å². The second kappa shape index (κ2) is 5.72. The molecule has 21 heavy (non-hydrogen) atoms. The molecule has 1 aliphatic carbocycles.